The van der Waals surface area contributed by atoms with Gasteiger partial charge in [0.15, 0.2) is 0 Å². The lowest BCUT2D eigenvalue weighted by molar-refractivity contribution is 0.217. The normalized spacial score (nSPS) is 24.2. The summed E-state index contributed by atoms with van der Waals surface area (Å²) in [6.07, 6.45) is 9.81. The van der Waals surface area contributed by atoms with Crippen molar-refractivity contribution >= 4 is 0 Å². The molecule has 1 aliphatic carbocycles. The van der Waals surface area contributed by atoms with Gasteiger partial charge in [0.2, 0.25) is 0 Å². The van der Waals surface area contributed by atoms with E-state index in [4.69, 9.17) is 4.74 Å². The second-order valence-electron chi connectivity index (χ2n) is 4.76. The highest BCUT2D eigenvalue weighted by atomic mass is 16.5. The van der Waals surface area contributed by atoms with Crippen LogP contribution in [-0.2, 0) is 4.74 Å². The van der Waals surface area contributed by atoms with Gasteiger partial charge in [-0.05, 0) is 37.2 Å². The van der Waals surface area contributed by atoms with Crippen molar-refractivity contribution in [3.63, 3.8) is 0 Å². The van der Waals surface area contributed by atoms with E-state index in [9.17, 15) is 5.11 Å². The molecule has 1 saturated carbocycles. The van der Waals surface area contributed by atoms with E-state index >= 15 is 0 Å². The van der Waals surface area contributed by atoms with Crippen molar-refractivity contribution < 1.29 is 9.84 Å². The molecular formula is C15H24O2. The molecule has 3 atom stereocenters. The minimum Gasteiger partial charge on any atom is -0.505 e. The molecule has 0 aliphatic heterocycles. The topological polar surface area (TPSA) is 29.5 Å². The van der Waals surface area contributed by atoms with Crippen LogP contribution in [-0.4, -0.2) is 18.3 Å². The van der Waals surface area contributed by atoms with Gasteiger partial charge in [-0.2, -0.15) is 0 Å². The van der Waals surface area contributed by atoms with Crippen molar-refractivity contribution in [2.45, 2.75) is 51.6 Å². The first kappa shape index (κ1) is 14.1. The maximum Gasteiger partial charge on any atom is 0.114 e. The predicted molar refractivity (Wildman–Crippen MR) is 70.3 cm³/mol. The van der Waals surface area contributed by atoms with Gasteiger partial charge in [0.1, 0.15) is 6.10 Å². The second-order valence-corrected chi connectivity index (χ2v) is 4.76. The molecule has 0 saturated heterocycles. The number of hydrogen-bond acceptors (Lipinski definition) is 2. The van der Waals surface area contributed by atoms with Crippen LogP contribution in [0, 0.1) is 23.7 Å². The molecule has 0 bridgehead atoms. The molecular weight excluding hydrogens is 212 g/mol. The van der Waals surface area contributed by atoms with E-state index in [0.717, 1.165) is 19.3 Å². The zero-order valence-electron chi connectivity index (χ0n) is 11.0. The van der Waals surface area contributed by atoms with Gasteiger partial charge < -0.3 is 9.84 Å². The Morgan fingerprint density at radius 2 is 2.29 bits per heavy atom. The van der Waals surface area contributed by atoms with E-state index in [1.165, 1.54) is 19.3 Å². The highest BCUT2D eigenvalue weighted by Crippen LogP contribution is 2.41. The third-order valence-electron chi connectivity index (χ3n) is 3.15. The summed E-state index contributed by atoms with van der Waals surface area (Å²) in [7, 11) is 1.67. The van der Waals surface area contributed by atoms with Crippen LogP contribution in [0.25, 0.3) is 0 Å². The lowest BCUT2D eigenvalue weighted by atomic mass is 10.1. The van der Waals surface area contributed by atoms with E-state index in [0.29, 0.717) is 11.8 Å². The Morgan fingerprint density at radius 1 is 1.47 bits per heavy atom. The summed E-state index contributed by atoms with van der Waals surface area (Å²) in [6, 6.07) is 0. The number of hydrogen-bond donors (Lipinski definition) is 1. The van der Waals surface area contributed by atoms with Crippen molar-refractivity contribution in [2.75, 3.05) is 7.11 Å². The smallest absolute Gasteiger partial charge is 0.114 e. The first-order valence-corrected chi connectivity index (χ1v) is 6.63. The third kappa shape index (κ3) is 6.38. The number of aliphatic hydroxyl groups excluding tert-OH is 1. The molecule has 0 amide bonds. The van der Waals surface area contributed by atoms with Crippen molar-refractivity contribution in [3.05, 3.63) is 12.3 Å². The van der Waals surface area contributed by atoms with E-state index in [2.05, 4.69) is 24.8 Å². The molecule has 1 N–H and O–H groups in total. The van der Waals surface area contributed by atoms with Crippen LogP contribution in [0.4, 0.5) is 0 Å². The van der Waals surface area contributed by atoms with Gasteiger partial charge in [-0.1, -0.05) is 25.7 Å². The first-order chi connectivity index (χ1) is 8.27. The molecule has 1 fully saturated rings. The van der Waals surface area contributed by atoms with Crippen LogP contribution in [0.15, 0.2) is 12.3 Å². The minimum absolute atomic E-state index is 0.423. The summed E-state index contributed by atoms with van der Waals surface area (Å²) in [5.41, 5.74) is 0. The fraction of sp³-hybridized carbons (Fsp3) is 0.733. The highest BCUT2D eigenvalue weighted by molar-refractivity contribution is 5.10. The minimum atomic E-state index is -0.423. The third-order valence-corrected chi connectivity index (χ3v) is 3.15. The zero-order valence-corrected chi connectivity index (χ0v) is 11.0. The van der Waals surface area contributed by atoms with Gasteiger partial charge in [-0.15, -0.1) is 5.92 Å². The summed E-state index contributed by atoms with van der Waals surface area (Å²) in [6.45, 7) is 2.17. The van der Waals surface area contributed by atoms with Crippen LogP contribution in [0.1, 0.15) is 45.4 Å². The molecule has 96 valence electrons. The summed E-state index contributed by atoms with van der Waals surface area (Å²) < 4.78 is 4.88. The Morgan fingerprint density at radius 3 is 3.00 bits per heavy atom. The molecule has 0 heterocycles. The predicted octanol–water partition coefficient (Wildman–Crippen LogP) is 3.12. The van der Waals surface area contributed by atoms with Crippen LogP contribution in [0.3, 0.4) is 0 Å². The van der Waals surface area contributed by atoms with Gasteiger partial charge in [0.25, 0.3) is 0 Å². The number of unbranched alkanes of at least 4 members (excludes halogenated alkanes) is 2. The zero-order chi connectivity index (χ0) is 12.5. The molecule has 0 spiro atoms. The largest absolute Gasteiger partial charge is 0.505 e. The monoisotopic (exact) mass is 236 g/mol. The molecule has 0 radical (unpaired) electrons. The van der Waals surface area contributed by atoms with E-state index in [-0.39, 0.29) is 0 Å². The molecule has 2 nitrogen and oxygen atoms in total. The average molecular weight is 236 g/mol. The highest BCUT2D eigenvalue weighted by Gasteiger charge is 2.33. The Bertz CT molecular complexity index is 285. The maximum absolute atomic E-state index is 9.61. The Kier molecular flexibility index (Phi) is 6.81. The van der Waals surface area contributed by atoms with Crippen LogP contribution in [0.5, 0.6) is 0 Å². The lowest BCUT2D eigenvalue weighted by Crippen LogP contribution is -2.02. The Labute approximate surface area is 105 Å². The molecule has 17 heavy (non-hydrogen) atoms. The number of methoxy groups -OCH3 is 1. The molecule has 1 rings (SSSR count). The molecule has 2 heteroatoms. The van der Waals surface area contributed by atoms with Gasteiger partial charge >= 0.3 is 0 Å². The fourth-order valence-electron chi connectivity index (χ4n) is 1.89. The van der Waals surface area contributed by atoms with E-state index in [1.54, 1.807) is 13.4 Å². The lowest BCUT2D eigenvalue weighted by Gasteiger charge is -2.00. The maximum atomic E-state index is 9.61. The van der Waals surface area contributed by atoms with Crippen LogP contribution < -0.4 is 0 Å². The summed E-state index contributed by atoms with van der Waals surface area (Å²) in [5, 5.41) is 9.61. The summed E-state index contributed by atoms with van der Waals surface area (Å²) in [5.74, 6) is 7.36. The van der Waals surface area contributed by atoms with Crippen LogP contribution in [0.2, 0.25) is 0 Å². The van der Waals surface area contributed by atoms with Crippen molar-refractivity contribution in [1.29, 1.82) is 0 Å². The Hall–Kier alpha value is -0.940. The number of rotatable bonds is 7. The van der Waals surface area contributed by atoms with Gasteiger partial charge in [0, 0.05) is 6.42 Å². The quantitative estimate of drug-likeness (QED) is 0.418. The SMILES string of the molecule is CCCCCC(O)C#CCC1CC1/C=C/OC. The molecule has 1 aliphatic rings. The van der Waals surface area contributed by atoms with E-state index in [1.807, 2.05) is 0 Å². The molecule has 3 unspecified atom stereocenters. The van der Waals surface area contributed by atoms with E-state index < -0.39 is 6.10 Å². The van der Waals surface area contributed by atoms with Crippen molar-refractivity contribution in [3.8, 4) is 11.8 Å². The van der Waals surface area contributed by atoms with Crippen molar-refractivity contribution in [1.82, 2.24) is 0 Å². The van der Waals surface area contributed by atoms with Gasteiger partial charge in [-0.25, -0.2) is 0 Å². The second kappa shape index (κ2) is 8.20. The van der Waals surface area contributed by atoms with Crippen LogP contribution >= 0.6 is 0 Å². The molecule has 0 aromatic carbocycles. The number of ether oxygens (including phenoxy) is 1. The standard InChI is InChI=1S/C15H24O2/c1-3-4-5-8-15(16)9-6-7-13-12-14(13)10-11-17-2/h10-11,13-16H,3-5,7-8,12H2,1-2H3/b11-10+. The van der Waals surface area contributed by atoms with Gasteiger partial charge in [-0.3, -0.25) is 0 Å². The average Bonchev–Trinajstić information content (AvgIpc) is 3.05. The molecule has 0 aromatic heterocycles. The summed E-state index contributed by atoms with van der Waals surface area (Å²) in [4.78, 5) is 0. The van der Waals surface area contributed by atoms with Gasteiger partial charge in [0.05, 0.1) is 13.4 Å². The Balaban J connectivity index is 2.08. The molecule has 0 aromatic rings. The number of allylic oxidation sites excluding steroid dienone is 1. The summed E-state index contributed by atoms with van der Waals surface area (Å²) >= 11 is 0. The number of aliphatic hydroxyl groups is 1. The fourth-order valence-corrected chi connectivity index (χ4v) is 1.89. The van der Waals surface area contributed by atoms with Crippen molar-refractivity contribution in [2.24, 2.45) is 11.8 Å². The first-order valence-electron chi connectivity index (χ1n) is 6.63.